The summed E-state index contributed by atoms with van der Waals surface area (Å²) >= 11 is 0. The highest BCUT2D eigenvalue weighted by molar-refractivity contribution is 6.27. The lowest BCUT2D eigenvalue weighted by molar-refractivity contribution is -0.275. The van der Waals surface area contributed by atoms with Crippen molar-refractivity contribution in [3.8, 4) is 0 Å². The van der Waals surface area contributed by atoms with Gasteiger partial charge in [-0.05, 0) is 57.9 Å². The Bertz CT molecular complexity index is 417. The van der Waals surface area contributed by atoms with Gasteiger partial charge in [-0.25, -0.2) is 8.78 Å². The first-order chi connectivity index (χ1) is 9.88. The Balaban J connectivity index is 2.34. The van der Waals surface area contributed by atoms with Crippen molar-refractivity contribution >= 4 is 9.76 Å². The van der Waals surface area contributed by atoms with Crippen molar-refractivity contribution in [2.45, 2.75) is 58.8 Å². The van der Waals surface area contributed by atoms with Crippen LogP contribution in [0, 0.1) is 11.6 Å². The molecule has 0 aliphatic rings. The maximum absolute atomic E-state index is 13.1. The molecule has 0 amide bonds. The van der Waals surface area contributed by atoms with Gasteiger partial charge in [-0.1, -0.05) is 6.07 Å². The number of hydrogen-bond donors (Lipinski definition) is 0. The number of hydrogen-bond acceptors (Lipinski definition) is 3. The van der Waals surface area contributed by atoms with Gasteiger partial charge in [-0.3, -0.25) is 0 Å². The molecule has 1 rings (SSSR count). The highest BCUT2D eigenvalue weighted by Gasteiger charge is 2.13. The number of rotatable bonds is 9. The van der Waals surface area contributed by atoms with Gasteiger partial charge in [-0.15, -0.1) is 0 Å². The SMILES string of the molecule is CC(C)OC(O[SiH2]CCc1ccc(F)c(F)c1)OC(C)C. The van der Waals surface area contributed by atoms with Crippen LogP contribution in [-0.2, 0) is 20.3 Å². The van der Waals surface area contributed by atoms with Gasteiger partial charge in [0.1, 0.15) is 0 Å². The molecular weight excluding hydrogens is 294 g/mol. The van der Waals surface area contributed by atoms with Crippen molar-refractivity contribution < 1.29 is 22.7 Å². The van der Waals surface area contributed by atoms with Crippen molar-refractivity contribution in [1.82, 2.24) is 0 Å². The molecule has 1 aromatic carbocycles. The van der Waals surface area contributed by atoms with E-state index in [0.717, 1.165) is 17.7 Å². The molecule has 0 aliphatic carbocycles. The van der Waals surface area contributed by atoms with E-state index >= 15 is 0 Å². The molecule has 0 heterocycles. The van der Waals surface area contributed by atoms with Gasteiger partial charge in [0.05, 0.1) is 12.2 Å². The molecule has 0 bridgehead atoms. The molecule has 0 N–H and O–H groups in total. The predicted molar refractivity (Wildman–Crippen MR) is 80.7 cm³/mol. The van der Waals surface area contributed by atoms with Crippen LogP contribution in [0.25, 0.3) is 0 Å². The molecule has 0 unspecified atom stereocenters. The lowest BCUT2D eigenvalue weighted by atomic mass is 10.2. The minimum atomic E-state index is -0.854. The lowest BCUT2D eigenvalue weighted by Crippen LogP contribution is -2.28. The van der Waals surface area contributed by atoms with Crippen LogP contribution in [-0.4, -0.2) is 28.4 Å². The minimum Gasteiger partial charge on any atom is -0.379 e. The minimum absolute atomic E-state index is 0.0222. The molecule has 6 heteroatoms. The summed E-state index contributed by atoms with van der Waals surface area (Å²) in [5.41, 5.74) is 0.774. The van der Waals surface area contributed by atoms with E-state index in [9.17, 15) is 8.78 Å². The maximum Gasteiger partial charge on any atom is 0.262 e. The Morgan fingerprint density at radius 2 is 1.62 bits per heavy atom. The first kappa shape index (κ1) is 18.2. The average molecular weight is 318 g/mol. The van der Waals surface area contributed by atoms with Gasteiger partial charge >= 0.3 is 0 Å². The van der Waals surface area contributed by atoms with E-state index in [0.29, 0.717) is 6.42 Å². The van der Waals surface area contributed by atoms with E-state index in [1.807, 2.05) is 27.7 Å². The summed E-state index contributed by atoms with van der Waals surface area (Å²) in [6, 6.07) is 4.79. The smallest absolute Gasteiger partial charge is 0.262 e. The van der Waals surface area contributed by atoms with E-state index in [1.54, 1.807) is 6.07 Å². The number of ether oxygens (including phenoxy) is 2. The second-order valence-electron chi connectivity index (χ2n) is 5.38. The zero-order chi connectivity index (χ0) is 15.8. The molecule has 0 aromatic heterocycles. The molecule has 0 aliphatic heterocycles. The van der Waals surface area contributed by atoms with Crippen LogP contribution in [0.3, 0.4) is 0 Å². The molecular formula is C15H24F2O3Si. The summed E-state index contributed by atoms with van der Waals surface area (Å²) in [6.45, 7) is 7.04. The highest BCUT2D eigenvalue weighted by atomic mass is 28.2. The fourth-order valence-corrected chi connectivity index (χ4v) is 2.77. The second-order valence-corrected chi connectivity index (χ2v) is 6.83. The molecule has 0 radical (unpaired) electrons. The topological polar surface area (TPSA) is 27.7 Å². The molecule has 0 saturated carbocycles. The fraction of sp³-hybridized carbons (Fsp3) is 0.600. The van der Waals surface area contributed by atoms with Crippen molar-refractivity contribution in [3.63, 3.8) is 0 Å². The molecule has 3 nitrogen and oxygen atoms in total. The Morgan fingerprint density at radius 3 is 2.14 bits per heavy atom. The lowest BCUT2D eigenvalue weighted by Gasteiger charge is -2.23. The third kappa shape index (κ3) is 7.66. The van der Waals surface area contributed by atoms with E-state index in [4.69, 9.17) is 13.9 Å². The summed E-state index contributed by atoms with van der Waals surface area (Å²) < 4.78 is 42.6. The second kappa shape index (κ2) is 9.25. The largest absolute Gasteiger partial charge is 0.379 e. The predicted octanol–water partition coefficient (Wildman–Crippen LogP) is 3.16. The third-order valence-corrected chi connectivity index (χ3v) is 3.76. The molecule has 0 spiro atoms. The van der Waals surface area contributed by atoms with Gasteiger partial charge < -0.3 is 13.9 Å². The van der Waals surface area contributed by atoms with Crippen LogP contribution < -0.4 is 0 Å². The number of benzene rings is 1. The zero-order valence-electron chi connectivity index (χ0n) is 13.1. The van der Waals surface area contributed by atoms with Gasteiger partial charge in [-0.2, -0.15) is 0 Å². The Kier molecular flexibility index (Phi) is 8.03. The van der Waals surface area contributed by atoms with Gasteiger partial charge in [0, 0.05) is 0 Å². The van der Waals surface area contributed by atoms with Crippen LogP contribution in [0.5, 0.6) is 0 Å². The van der Waals surface area contributed by atoms with Crippen molar-refractivity contribution in [2.75, 3.05) is 0 Å². The van der Waals surface area contributed by atoms with E-state index in [-0.39, 0.29) is 12.2 Å². The number of halogens is 2. The fourth-order valence-electron chi connectivity index (χ4n) is 1.71. The molecule has 0 fully saturated rings. The average Bonchev–Trinajstić information content (AvgIpc) is 2.37. The van der Waals surface area contributed by atoms with Gasteiger partial charge in [0.2, 0.25) is 0 Å². The normalized spacial score (nSPS) is 12.4. The van der Waals surface area contributed by atoms with Crippen molar-refractivity contribution in [3.05, 3.63) is 35.4 Å². The van der Waals surface area contributed by atoms with Crippen LogP contribution >= 0.6 is 0 Å². The third-order valence-electron chi connectivity index (χ3n) is 2.61. The van der Waals surface area contributed by atoms with Crippen LogP contribution in [0.15, 0.2) is 18.2 Å². The maximum atomic E-state index is 13.1. The van der Waals surface area contributed by atoms with Crippen molar-refractivity contribution in [1.29, 1.82) is 0 Å². The summed E-state index contributed by atoms with van der Waals surface area (Å²) in [7, 11) is -0.854. The molecule has 21 heavy (non-hydrogen) atoms. The zero-order valence-corrected chi connectivity index (χ0v) is 14.5. The quantitative estimate of drug-likeness (QED) is 0.398. The number of aryl methyl sites for hydroxylation is 1. The Morgan fingerprint density at radius 1 is 1.00 bits per heavy atom. The van der Waals surface area contributed by atoms with Crippen LogP contribution in [0.1, 0.15) is 33.3 Å². The van der Waals surface area contributed by atoms with Gasteiger partial charge in [0.15, 0.2) is 21.4 Å². The summed E-state index contributed by atoms with van der Waals surface area (Å²) in [5.74, 6) is -1.62. The summed E-state index contributed by atoms with van der Waals surface area (Å²) in [4.78, 5) is 0. The first-order valence-corrected chi connectivity index (χ1v) is 8.82. The molecule has 1 aromatic rings. The van der Waals surface area contributed by atoms with Crippen LogP contribution in [0.2, 0.25) is 6.04 Å². The van der Waals surface area contributed by atoms with Crippen LogP contribution in [0.4, 0.5) is 8.78 Å². The van der Waals surface area contributed by atoms with E-state index in [1.165, 1.54) is 6.07 Å². The van der Waals surface area contributed by atoms with E-state index < -0.39 is 27.9 Å². The van der Waals surface area contributed by atoms with E-state index in [2.05, 4.69) is 0 Å². The summed E-state index contributed by atoms with van der Waals surface area (Å²) in [5, 5.41) is 0. The standard InChI is InChI=1S/C15H24F2O3Si/c1-10(2)18-15(19-11(3)4)20-21-8-7-12-5-6-13(16)14(17)9-12/h5-6,9-11,15H,7-8,21H2,1-4H3. The first-order valence-electron chi connectivity index (χ1n) is 7.25. The Hall–Kier alpha value is -0.823. The van der Waals surface area contributed by atoms with Crippen molar-refractivity contribution in [2.24, 2.45) is 0 Å². The highest BCUT2D eigenvalue weighted by Crippen LogP contribution is 2.11. The Labute approximate surface area is 127 Å². The molecule has 120 valence electrons. The summed E-state index contributed by atoms with van der Waals surface area (Å²) in [6.07, 6.45) is 0.711. The monoisotopic (exact) mass is 318 g/mol. The molecule has 0 atom stereocenters. The van der Waals surface area contributed by atoms with Gasteiger partial charge in [0.25, 0.3) is 6.48 Å². The molecule has 0 saturated heterocycles.